The van der Waals surface area contributed by atoms with Gasteiger partial charge in [0.25, 0.3) is 0 Å². The number of ether oxygens (including phenoxy) is 1. The summed E-state index contributed by atoms with van der Waals surface area (Å²) in [5, 5.41) is 0. The van der Waals surface area contributed by atoms with E-state index < -0.39 is 0 Å². The van der Waals surface area contributed by atoms with Gasteiger partial charge in [-0.3, -0.25) is 4.79 Å². The third kappa shape index (κ3) is 4.00. The predicted octanol–water partition coefficient (Wildman–Crippen LogP) is 4.13. The summed E-state index contributed by atoms with van der Waals surface area (Å²) in [5.41, 5.74) is -0.389. The largest absolute Gasteiger partial charge is 0.460 e. The zero-order chi connectivity index (χ0) is 11.9. The van der Waals surface area contributed by atoms with Gasteiger partial charge in [0.05, 0.1) is 7.56 Å². The Morgan fingerprint density at radius 1 is 1.33 bits per heavy atom. The van der Waals surface area contributed by atoms with Gasteiger partial charge in [0, 0.05) is 6.42 Å². The van der Waals surface area contributed by atoms with Crippen molar-refractivity contribution in [2.75, 3.05) is 0 Å². The van der Waals surface area contributed by atoms with Crippen LogP contribution in [0.15, 0.2) is 0 Å². The van der Waals surface area contributed by atoms with Crippen LogP contribution in [0, 0.1) is 0 Å². The lowest BCUT2D eigenvalue weighted by Gasteiger charge is -2.20. The average Bonchev–Trinajstić information content (AvgIpc) is 2.44. The van der Waals surface area contributed by atoms with Crippen molar-refractivity contribution in [2.45, 2.75) is 53.2 Å². The standard InChI is InChI=1S/C10H15Br3O2/c1-8(2,3)15-7(14)4-5-9(11)6-10(9,12)13/h4-6H2,1-3H3. The molecule has 5 heteroatoms. The molecule has 1 aliphatic rings. The number of alkyl halides is 3. The Labute approximate surface area is 116 Å². The van der Waals surface area contributed by atoms with Crippen LogP contribution in [0.3, 0.4) is 0 Å². The van der Waals surface area contributed by atoms with Gasteiger partial charge >= 0.3 is 5.97 Å². The summed E-state index contributed by atoms with van der Waals surface area (Å²) in [7, 11) is 0. The van der Waals surface area contributed by atoms with E-state index in [2.05, 4.69) is 47.8 Å². The first-order chi connectivity index (χ1) is 6.56. The monoisotopic (exact) mass is 404 g/mol. The average molecular weight is 407 g/mol. The number of rotatable bonds is 3. The molecule has 0 spiro atoms. The highest BCUT2D eigenvalue weighted by molar-refractivity contribution is 9.26. The van der Waals surface area contributed by atoms with Gasteiger partial charge in [-0.15, -0.1) is 0 Å². The molecular formula is C10H15Br3O2. The van der Waals surface area contributed by atoms with Gasteiger partial charge in [-0.25, -0.2) is 0 Å². The number of esters is 1. The van der Waals surface area contributed by atoms with Gasteiger partial charge in [0.2, 0.25) is 0 Å². The summed E-state index contributed by atoms with van der Waals surface area (Å²) >= 11 is 10.7. The molecule has 0 heterocycles. The van der Waals surface area contributed by atoms with Crippen molar-refractivity contribution in [3.05, 3.63) is 0 Å². The second-order valence-corrected chi connectivity index (χ2v) is 10.2. The van der Waals surface area contributed by atoms with Crippen LogP contribution in [0.1, 0.15) is 40.0 Å². The Morgan fingerprint density at radius 3 is 2.13 bits per heavy atom. The molecule has 1 unspecified atom stereocenters. The highest BCUT2D eigenvalue weighted by atomic mass is 79.9. The van der Waals surface area contributed by atoms with E-state index in [1.807, 2.05) is 20.8 Å². The zero-order valence-corrected chi connectivity index (χ0v) is 13.8. The highest BCUT2D eigenvalue weighted by Gasteiger charge is 2.63. The van der Waals surface area contributed by atoms with Crippen LogP contribution < -0.4 is 0 Å². The summed E-state index contributed by atoms with van der Waals surface area (Å²) in [5.74, 6) is -0.135. The van der Waals surface area contributed by atoms with Crippen LogP contribution >= 0.6 is 47.8 Å². The quantitative estimate of drug-likeness (QED) is 0.520. The lowest BCUT2D eigenvalue weighted by molar-refractivity contribution is -0.154. The second kappa shape index (κ2) is 4.30. The van der Waals surface area contributed by atoms with Gasteiger partial charge in [0.15, 0.2) is 0 Å². The molecule has 15 heavy (non-hydrogen) atoms. The molecule has 0 amide bonds. The molecule has 0 aromatic heterocycles. The van der Waals surface area contributed by atoms with Gasteiger partial charge in [-0.1, -0.05) is 47.8 Å². The molecule has 1 aliphatic carbocycles. The summed E-state index contributed by atoms with van der Waals surface area (Å²) in [6.07, 6.45) is 2.20. The smallest absolute Gasteiger partial charge is 0.306 e. The number of hydrogen-bond acceptors (Lipinski definition) is 2. The Balaban J connectivity index is 2.31. The third-order valence-electron chi connectivity index (χ3n) is 2.18. The Kier molecular flexibility index (Phi) is 4.00. The topological polar surface area (TPSA) is 26.3 Å². The van der Waals surface area contributed by atoms with Crippen LogP contribution in [-0.2, 0) is 9.53 Å². The summed E-state index contributed by atoms with van der Waals surface area (Å²) in [6.45, 7) is 5.64. The number of halogens is 3. The SMILES string of the molecule is CC(C)(C)OC(=O)CCC1(Br)CC1(Br)Br. The molecule has 0 aliphatic heterocycles. The minimum absolute atomic E-state index is 0.00307. The Hall–Kier alpha value is 0.910. The second-order valence-electron chi connectivity index (χ2n) is 4.93. The molecule has 1 atom stereocenters. The Morgan fingerprint density at radius 2 is 1.80 bits per heavy atom. The molecule has 0 saturated heterocycles. The normalized spacial score (nSPS) is 28.7. The zero-order valence-electron chi connectivity index (χ0n) is 9.07. The van der Waals surface area contributed by atoms with Crippen molar-refractivity contribution in [2.24, 2.45) is 0 Å². The van der Waals surface area contributed by atoms with E-state index in [4.69, 9.17) is 4.74 Å². The first-order valence-electron chi connectivity index (χ1n) is 4.84. The van der Waals surface area contributed by atoms with Crippen LogP contribution in [0.5, 0.6) is 0 Å². The fourth-order valence-electron chi connectivity index (χ4n) is 1.27. The lowest BCUT2D eigenvalue weighted by atomic mass is 10.2. The van der Waals surface area contributed by atoms with Crippen LogP contribution in [0.4, 0.5) is 0 Å². The first-order valence-corrected chi connectivity index (χ1v) is 7.22. The van der Waals surface area contributed by atoms with Crippen molar-refractivity contribution >= 4 is 53.8 Å². The number of carbonyl (C=O) groups is 1. The van der Waals surface area contributed by atoms with E-state index in [0.29, 0.717) is 6.42 Å². The number of carbonyl (C=O) groups excluding carboxylic acids is 1. The minimum Gasteiger partial charge on any atom is -0.460 e. The summed E-state index contributed by atoms with van der Waals surface area (Å²) in [6, 6.07) is 0. The fraction of sp³-hybridized carbons (Fsp3) is 0.900. The maximum atomic E-state index is 11.5. The van der Waals surface area contributed by atoms with Crippen LogP contribution in [0.2, 0.25) is 0 Å². The van der Waals surface area contributed by atoms with Gasteiger partial charge in [-0.2, -0.15) is 0 Å². The van der Waals surface area contributed by atoms with E-state index in [-0.39, 0.29) is 19.1 Å². The van der Waals surface area contributed by atoms with Gasteiger partial charge < -0.3 is 4.74 Å². The Bertz CT molecular complexity index is 270. The third-order valence-corrected chi connectivity index (χ3v) is 6.67. The van der Waals surface area contributed by atoms with E-state index in [0.717, 1.165) is 12.8 Å². The summed E-state index contributed by atoms with van der Waals surface area (Å²) < 4.78 is 5.19. The number of hydrogen-bond donors (Lipinski definition) is 0. The van der Waals surface area contributed by atoms with E-state index >= 15 is 0 Å². The minimum atomic E-state index is -0.389. The van der Waals surface area contributed by atoms with Crippen molar-refractivity contribution in [3.63, 3.8) is 0 Å². The molecule has 0 N–H and O–H groups in total. The molecule has 88 valence electrons. The lowest BCUT2D eigenvalue weighted by Crippen LogP contribution is -2.24. The molecular weight excluding hydrogens is 392 g/mol. The molecule has 1 saturated carbocycles. The maximum Gasteiger partial charge on any atom is 0.306 e. The molecule has 0 aromatic carbocycles. The fourth-order valence-corrected chi connectivity index (χ4v) is 4.00. The van der Waals surface area contributed by atoms with E-state index in [1.54, 1.807) is 0 Å². The maximum absolute atomic E-state index is 11.5. The van der Waals surface area contributed by atoms with Crippen molar-refractivity contribution in [1.29, 1.82) is 0 Å². The summed E-state index contributed by atoms with van der Waals surface area (Å²) in [4.78, 5) is 11.5. The molecule has 2 nitrogen and oxygen atoms in total. The molecule has 0 aromatic rings. The molecule has 0 bridgehead atoms. The van der Waals surface area contributed by atoms with Crippen molar-refractivity contribution in [1.82, 2.24) is 0 Å². The molecule has 0 radical (unpaired) electrons. The van der Waals surface area contributed by atoms with Crippen molar-refractivity contribution < 1.29 is 9.53 Å². The van der Waals surface area contributed by atoms with Crippen LogP contribution in [-0.4, -0.2) is 19.1 Å². The highest BCUT2D eigenvalue weighted by Crippen LogP contribution is 2.67. The first kappa shape index (κ1) is 14.0. The molecule has 1 rings (SSSR count). The van der Waals surface area contributed by atoms with Gasteiger partial charge in [0.1, 0.15) is 5.60 Å². The predicted molar refractivity (Wildman–Crippen MR) is 71.9 cm³/mol. The van der Waals surface area contributed by atoms with E-state index in [9.17, 15) is 4.79 Å². The van der Waals surface area contributed by atoms with E-state index in [1.165, 1.54) is 0 Å². The molecule has 1 fully saturated rings. The van der Waals surface area contributed by atoms with Crippen molar-refractivity contribution in [3.8, 4) is 0 Å². The van der Waals surface area contributed by atoms with Crippen LogP contribution in [0.25, 0.3) is 0 Å². The van der Waals surface area contributed by atoms with Gasteiger partial charge in [-0.05, 0) is 33.6 Å².